The Bertz CT molecular complexity index is 660. The molecule has 1 aromatic heterocycles. The largest absolute Gasteiger partial charge is 0.378 e. The Morgan fingerprint density at radius 2 is 1.88 bits per heavy atom. The number of thioether (sulfide) groups is 2. The molecule has 1 saturated heterocycles. The zero-order chi connectivity index (χ0) is 16.9. The number of aromatic nitrogens is 3. The van der Waals surface area contributed by atoms with Crippen LogP contribution in [0.4, 0.5) is 14.7 Å². The van der Waals surface area contributed by atoms with Gasteiger partial charge in [0.2, 0.25) is 5.95 Å². The fourth-order valence-corrected chi connectivity index (χ4v) is 3.75. The third-order valence-electron chi connectivity index (χ3n) is 3.62. The lowest BCUT2D eigenvalue weighted by Gasteiger charge is -2.27. The molecule has 9 heteroatoms. The summed E-state index contributed by atoms with van der Waals surface area (Å²) in [6.45, 7) is 3.05. The van der Waals surface area contributed by atoms with E-state index in [4.69, 9.17) is 4.74 Å². The van der Waals surface area contributed by atoms with Crippen LogP contribution in [0.2, 0.25) is 0 Å². The van der Waals surface area contributed by atoms with Crippen molar-refractivity contribution in [2.24, 2.45) is 7.05 Å². The van der Waals surface area contributed by atoms with E-state index in [1.807, 2.05) is 23.7 Å². The minimum atomic E-state index is -2.39. The van der Waals surface area contributed by atoms with Crippen molar-refractivity contribution >= 4 is 29.5 Å². The van der Waals surface area contributed by atoms with E-state index in [1.54, 1.807) is 23.9 Å². The minimum absolute atomic E-state index is 0.561. The van der Waals surface area contributed by atoms with Crippen molar-refractivity contribution in [2.45, 2.75) is 21.6 Å². The Labute approximate surface area is 147 Å². The summed E-state index contributed by atoms with van der Waals surface area (Å²) >= 11 is 2.14. The molecular weight excluding hydrogens is 354 g/mol. The van der Waals surface area contributed by atoms with Crippen LogP contribution in [0, 0.1) is 0 Å². The molecule has 1 aliphatic heterocycles. The van der Waals surface area contributed by atoms with Crippen molar-refractivity contribution in [3.63, 3.8) is 0 Å². The number of anilines is 1. The molecule has 0 unspecified atom stereocenters. The zero-order valence-electron chi connectivity index (χ0n) is 13.2. The van der Waals surface area contributed by atoms with Crippen LogP contribution in [-0.2, 0) is 17.5 Å². The molecule has 0 saturated carbocycles. The average molecular weight is 372 g/mol. The third kappa shape index (κ3) is 4.40. The normalized spacial score (nSPS) is 15.2. The molecule has 5 nitrogen and oxygen atoms in total. The second-order valence-corrected chi connectivity index (χ2v) is 7.26. The molecule has 0 radical (unpaired) electrons. The first kappa shape index (κ1) is 17.5. The Morgan fingerprint density at radius 1 is 1.17 bits per heavy atom. The molecule has 0 spiro atoms. The predicted octanol–water partition coefficient (Wildman–Crippen LogP) is 3.26. The first-order valence-electron chi connectivity index (χ1n) is 7.52. The summed E-state index contributed by atoms with van der Waals surface area (Å²) in [7, 11) is 1.95. The highest BCUT2D eigenvalue weighted by Gasteiger charge is 2.18. The fourth-order valence-electron chi connectivity index (χ4n) is 2.39. The van der Waals surface area contributed by atoms with Gasteiger partial charge in [0.15, 0.2) is 5.16 Å². The standard InChI is InChI=1S/C15H18F2N4OS2/c1-20-14(21-6-8-22-9-7-21)18-19-15(20)23-10-11-2-4-12(5-3-11)24-13(16)17/h2-5,13H,6-10H2,1H3. The minimum Gasteiger partial charge on any atom is -0.378 e. The van der Waals surface area contributed by atoms with E-state index in [0.29, 0.717) is 35.6 Å². The van der Waals surface area contributed by atoms with E-state index in [1.165, 1.54) is 0 Å². The smallest absolute Gasteiger partial charge is 0.288 e. The summed E-state index contributed by atoms with van der Waals surface area (Å²) in [6, 6.07) is 7.19. The summed E-state index contributed by atoms with van der Waals surface area (Å²) in [4.78, 5) is 2.74. The van der Waals surface area contributed by atoms with Crippen LogP contribution in [0.25, 0.3) is 0 Å². The van der Waals surface area contributed by atoms with Crippen LogP contribution in [-0.4, -0.2) is 46.8 Å². The maximum Gasteiger partial charge on any atom is 0.288 e. The summed E-state index contributed by atoms with van der Waals surface area (Å²) in [5.74, 6) is -0.818. The topological polar surface area (TPSA) is 43.2 Å². The van der Waals surface area contributed by atoms with E-state index in [2.05, 4.69) is 15.1 Å². The van der Waals surface area contributed by atoms with Crippen LogP contribution >= 0.6 is 23.5 Å². The first-order valence-corrected chi connectivity index (χ1v) is 9.38. The van der Waals surface area contributed by atoms with Crippen LogP contribution in [0.5, 0.6) is 0 Å². The van der Waals surface area contributed by atoms with Gasteiger partial charge < -0.3 is 9.64 Å². The van der Waals surface area contributed by atoms with E-state index in [-0.39, 0.29) is 0 Å². The number of ether oxygens (including phenoxy) is 1. The first-order chi connectivity index (χ1) is 11.6. The Hall–Kier alpha value is -1.32. The van der Waals surface area contributed by atoms with Crippen molar-refractivity contribution in [1.82, 2.24) is 14.8 Å². The number of hydrogen-bond donors (Lipinski definition) is 0. The predicted molar refractivity (Wildman–Crippen MR) is 91.9 cm³/mol. The molecule has 24 heavy (non-hydrogen) atoms. The molecule has 1 aliphatic rings. The maximum atomic E-state index is 12.3. The number of rotatable bonds is 6. The summed E-state index contributed by atoms with van der Waals surface area (Å²) in [5.41, 5.74) is 1.06. The second-order valence-electron chi connectivity index (χ2n) is 5.25. The van der Waals surface area contributed by atoms with Gasteiger partial charge in [0.05, 0.1) is 13.2 Å². The highest BCUT2D eigenvalue weighted by atomic mass is 32.2. The quantitative estimate of drug-likeness (QED) is 0.725. The highest BCUT2D eigenvalue weighted by molar-refractivity contribution is 7.99. The van der Waals surface area contributed by atoms with Gasteiger partial charge in [-0.15, -0.1) is 10.2 Å². The van der Waals surface area contributed by atoms with E-state index in [0.717, 1.165) is 29.8 Å². The van der Waals surface area contributed by atoms with Crippen molar-refractivity contribution in [3.8, 4) is 0 Å². The number of nitrogens with zero attached hydrogens (tertiary/aromatic N) is 4. The number of morpholine rings is 1. The number of benzene rings is 1. The van der Waals surface area contributed by atoms with Crippen molar-refractivity contribution < 1.29 is 13.5 Å². The molecule has 1 fully saturated rings. The second kappa shape index (κ2) is 8.17. The molecule has 2 aromatic rings. The van der Waals surface area contributed by atoms with Crippen molar-refractivity contribution in [3.05, 3.63) is 29.8 Å². The van der Waals surface area contributed by atoms with Gasteiger partial charge in [-0.25, -0.2) is 0 Å². The summed E-state index contributed by atoms with van der Waals surface area (Å²) in [5, 5.41) is 9.36. The van der Waals surface area contributed by atoms with Gasteiger partial charge >= 0.3 is 0 Å². The number of halogens is 2. The van der Waals surface area contributed by atoms with Gasteiger partial charge in [0, 0.05) is 30.8 Å². The van der Waals surface area contributed by atoms with Gasteiger partial charge in [-0.2, -0.15) is 8.78 Å². The lowest BCUT2D eigenvalue weighted by Crippen LogP contribution is -2.37. The average Bonchev–Trinajstić information content (AvgIpc) is 2.95. The Morgan fingerprint density at radius 3 is 2.54 bits per heavy atom. The Kier molecular flexibility index (Phi) is 5.96. The van der Waals surface area contributed by atoms with E-state index >= 15 is 0 Å². The number of alkyl halides is 2. The number of hydrogen-bond acceptors (Lipinski definition) is 6. The lowest BCUT2D eigenvalue weighted by molar-refractivity contribution is 0.121. The van der Waals surface area contributed by atoms with E-state index in [9.17, 15) is 8.78 Å². The van der Waals surface area contributed by atoms with Gasteiger partial charge in [-0.05, 0) is 17.7 Å². The van der Waals surface area contributed by atoms with Gasteiger partial charge in [0.1, 0.15) is 0 Å². The molecule has 3 rings (SSSR count). The molecular formula is C15H18F2N4OS2. The highest BCUT2D eigenvalue weighted by Crippen LogP contribution is 2.28. The van der Waals surface area contributed by atoms with Crippen molar-refractivity contribution in [2.75, 3.05) is 31.2 Å². The summed E-state index contributed by atoms with van der Waals surface area (Å²) in [6.07, 6.45) is 0. The van der Waals surface area contributed by atoms with Crippen LogP contribution in [0.15, 0.2) is 34.3 Å². The monoisotopic (exact) mass is 372 g/mol. The molecule has 2 heterocycles. The van der Waals surface area contributed by atoms with Gasteiger partial charge in [-0.3, -0.25) is 4.57 Å². The molecule has 0 aliphatic carbocycles. The summed E-state index contributed by atoms with van der Waals surface area (Å²) < 4.78 is 32.0. The van der Waals surface area contributed by atoms with Crippen LogP contribution in [0.1, 0.15) is 5.56 Å². The van der Waals surface area contributed by atoms with Gasteiger partial charge in [-0.1, -0.05) is 35.7 Å². The zero-order valence-corrected chi connectivity index (χ0v) is 14.8. The van der Waals surface area contributed by atoms with Crippen LogP contribution in [0.3, 0.4) is 0 Å². The van der Waals surface area contributed by atoms with Crippen LogP contribution < -0.4 is 4.90 Å². The molecule has 0 atom stereocenters. The fraction of sp³-hybridized carbons (Fsp3) is 0.467. The third-order valence-corrected chi connectivity index (χ3v) is 5.44. The molecule has 130 valence electrons. The molecule has 0 amide bonds. The maximum absolute atomic E-state index is 12.3. The molecule has 0 N–H and O–H groups in total. The van der Waals surface area contributed by atoms with Gasteiger partial charge in [0.25, 0.3) is 5.76 Å². The SMILES string of the molecule is Cn1c(SCc2ccc(SC(F)F)cc2)nnc1N1CCOCC1. The molecule has 1 aromatic carbocycles. The molecule has 0 bridgehead atoms. The lowest BCUT2D eigenvalue weighted by atomic mass is 10.2. The Balaban J connectivity index is 1.59. The van der Waals surface area contributed by atoms with E-state index < -0.39 is 5.76 Å². The van der Waals surface area contributed by atoms with Crippen molar-refractivity contribution in [1.29, 1.82) is 0 Å².